The summed E-state index contributed by atoms with van der Waals surface area (Å²) in [5.74, 6) is -0.940. The fraction of sp³-hybridized carbons (Fsp3) is 0.463. The lowest BCUT2D eigenvalue weighted by molar-refractivity contribution is -0.138. The summed E-state index contributed by atoms with van der Waals surface area (Å²) in [4.78, 5) is 61.7. The second-order valence-electron chi connectivity index (χ2n) is 15.6. The molecule has 3 aliphatic heterocycles. The predicted molar refractivity (Wildman–Crippen MR) is 222 cm³/mol. The number of carbonyl (C=O) groups excluding carboxylic acids is 4. The molecule has 0 radical (unpaired) electrons. The number of nitriles is 1. The van der Waals surface area contributed by atoms with Crippen molar-refractivity contribution in [3.05, 3.63) is 70.5 Å². The number of aromatic nitrogens is 1. The highest BCUT2D eigenvalue weighted by atomic mass is 35.5. The molecule has 1 aromatic heterocycles. The van der Waals surface area contributed by atoms with Gasteiger partial charge in [-0.3, -0.25) is 43.6 Å². The van der Waals surface area contributed by atoms with Gasteiger partial charge in [-0.2, -0.15) is 18.4 Å². The number of halogens is 5. The Labute approximate surface area is 359 Å². The predicted octanol–water partition coefficient (Wildman–Crippen LogP) is 5.37. The second-order valence-corrected chi connectivity index (χ2v) is 16.5. The van der Waals surface area contributed by atoms with Crippen molar-refractivity contribution in [2.24, 2.45) is 0 Å². The number of nitrogens with zero attached hydrogens (tertiary/aromatic N) is 6. The van der Waals surface area contributed by atoms with Gasteiger partial charge in [-0.25, -0.2) is 4.98 Å². The molecule has 3 aromatic rings. The molecule has 4 fully saturated rings. The summed E-state index contributed by atoms with van der Waals surface area (Å²) in [7, 11) is 0. The molecule has 14 nitrogen and oxygen atoms in total. The van der Waals surface area contributed by atoms with E-state index < -0.39 is 53.0 Å². The quantitative estimate of drug-likeness (QED) is 0.0993. The number of hydrogen-bond acceptors (Lipinski definition) is 12. The van der Waals surface area contributed by atoms with Crippen LogP contribution >= 0.6 is 24.2 Å². The van der Waals surface area contributed by atoms with Crippen molar-refractivity contribution in [1.29, 1.82) is 5.26 Å². The van der Waals surface area contributed by atoms with Gasteiger partial charge in [0.1, 0.15) is 30.0 Å². The molecule has 4 heterocycles. The van der Waals surface area contributed by atoms with Crippen LogP contribution in [0.25, 0.3) is 0 Å². The number of benzene rings is 2. The molecule has 1 spiro atoms. The van der Waals surface area contributed by atoms with Crippen molar-refractivity contribution in [1.82, 2.24) is 20.1 Å². The number of anilines is 4. The smallest absolute Gasteiger partial charge is 0.419 e. The number of piperazine rings is 1. The Morgan fingerprint density at radius 1 is 1.11 bits per heavy atom. The molecule has 4 aliphatic rings. The fourth-order valence-electron chi connectivity index (χ4n) is 8.37. The van der Waals surface area contributed by atoms with Gasteiger partial charge in [-0.15, -0.1) is 12.6 Å². The summed E-state index contributed by atoms with van der Waals surface area (Å²) in [6, 6.07) is 11.7. The van der Waals surface area contributed by atoms with Gasteiger partial charge < -0.3 is 20.3 Å². The summed E-state index contributed by atoms with van der Waals surface area (Å²) >= 11 is 11.0. The number of nitrogens with one attached hydrogen (secondary N) is 3. The molecule has 20 heteroatoms. The summed E-state index contributed by atoms with van der Waals surface area (Å²) < 4.78 is 61.6. The number of piperidine rings is 1. The number of thiol groups is 1. The van der Waals surface area contributed by atoms with Crippen LogP contribution in [0, 0.1) is 11.3 Å². The molecule has 3 atom stereocenters. The first-order valence-corrected chi connectivity index (χ1v) is 20.8. The minimum Gasteiger partial charge on any atom is -0.492 e. The summed E-state index contributed by atoms with van der Waals surface area (Å²) in [6.45, 7) is 4.28. The van der Waals surface area contributed by atoms with Crippen molar-refractivity contribution in [3.8, 4) is 11.8 Å². The standard InChI is InChI=1S/C41H44ClF4N9O5S/c1-24-22-52(11-12-53(24)23-36(57)50-28-17-26(42)16-27(18-28)49-32-4-6-35(56)51-37(32)58)13-14-60-34-5-3-29(15-25(34)7-10-43)55-39(61)54(38(59)40(55)8-2-9-40)30-19-31(41(44,45)46)33(20-47)48-21-30/h3,5,15-19,21,24,32,39,49,61H,2,4,6-14,22-23H2,1H3,(H,50,57)(H,51,56,58)/t24-,32?,39+/m1/s1. The van der Waals surface area contributed by atoms with Crippen LogP contribution in [0.5, 0.6) is 5.75 Å². The summed E-state index contributed by atoms with van der Waals surface area (Å²) in [6.07, 6.45) is -1.62. The molecule has 2 aromatic carbocycles. The molecule has 0 bridgehead atoms. The number of rotatable bonds is 13. The number of carbonyl (C=O) groups is 4. The third-order valence-electron chi connectivity index (χ3n) is 11.6. The number of alkyl halides is 4. The molecular weight excluding hydrogens is 842 g/mol. The second kappa shape index (κ2) is 18.1. The van der Waals surface area contributed by atoms with E-state index in [1.807, 2.05) is 6.92 Å². The van der Waals surface area contributed by atoms with E-state index >= 15 is 0 Å². The van der Waals surface area contributed by atoms with E-state index in [0.717, 1.165) is 12.3 Å². The number of hydrogen-bond donors (Lipinski definition) is 4. The monoisotopic (exact) mass is 885 g/mol. The SMILES string of the molecule is C[C@@H]1CN(CCOc2ccc(N3[C@@H](S)N(c4cnc(C#N)c(C(F)(F)F)c4)C(=O)C34CCC4)cc2CCF)CCN1CC(=O)Nc1cc(Cl)cc(NC2CCC(=O)NC2=O)c1. The Morgan fingerprint density at radius 2 is 1.89 bits per heavy atom. The Hall–Kier alpha value is -5.16. The van der Waals surface area contributed by atoms with Gasteiger partial charge in [0.05, 0.1) is 30.7 Å². The fourth-order valence-corrected chi connectivity index (χ4v) is 9.19. The lowest BCUT2D eigenvalue weighted by Gasteiger charge is -2.44. The van der Waals surface area contributed by atoms with Gasteiger partial charge in [-0.05, 0) is 80.6 Å². The van der Waals surface area contributed by atoms with E-state index in [1.165, 1.54) is 11.0 Å². The van der Waals surface area contributed by atoms with Crippen LogP contribution in [-0.2, 0) is 31.8 Å². The Bertz CT molecular complexity index is 2240. The van der Waals surface area contributed by atoms with Crippen molar-refractivity contribution < 1.29 is 41.5 Å². The maximum atomic E-state index is 14.0. The molecule has 324 valence electrons. The van der Waals surface area contributed by atoms with Gasteiger partial charge in [0.25, 0.3) is 5.91 Å². The van der Waals surface area contributed by atoms with Crippen molar-refractivity contribution in [2.75, 3.05) is 66.4 Å². The lowest BCUT2D eigenvalue weighted by atomic mass is 9.75. The van der Waals surface area contributed by atoms with Gasteiger partial charge in [0, 0.05) is 67.1 Å². The van der Waals surface area contributed by atoms with Crippen LogP contribution in [0.2, 0.25) is 5.02 Å². The third kappa shape index (κ3) is 9.37. The highest BCUT2D eigenvalue weighted by molar-refractivity contribution is 7.81. The topological polar surface area (TPSA) is 163 Å². The normalized spacial score (nSPS) is 21.9. The van der Waals surface area contributed by atoms with Gasteiger partial charge >= 0.3 is 6.18 Å². The maximum Gasteiger partial charge on any atom is 0.419 e. The van der Waals surface area contributed by atoms with Crippen molar-refractivity contribution >= 4 is 70.6 Å². The number of aryl methyl sites for hydroxylation is 1. The highest BCUT2D eigenvalue weighted by Gasteiger charge is 2.60. The maximum absolute atomic E-state index is 14.0. The molecule has 1 saturated carbocycles. The van der Waals surface area contributed by atoms with E-state index in [4.69, 9.17) is 29.0 Å². The van der Waals surface area contributed by atoms with Gasteiger partial charge in [-0.1, -0.05) is 11.6 Å². The Morgan fingerprint density at radius 3 is 2.56 bits per heavy atom. The molecule has 1 unspecified atom stereocenters. The van der Waals surface area contributed by atoms with Crippen LogP contribution in [0.3, 0.4) is 0 Å². The number of imide groups is 1. The van der Waals surface area contributed by atoms with Crippen LogP contribution in [0.1, 0.15) is 55.8 Å². The number of ether oxygens (including phenoxy) is 1. The molecule has 61 heavy (non-hydrogen) atoms. The van der Waals surface area contributed by atoms with E-state index in [-0.39, 0.29) is 49.5 Å². The number of amides is 4. The average molecular weight is 886 g/mol. The Balaban J connectivity index is 0.942. The first-order chi connectivity index (χ1) is 29.1. The van der Waals surface area contributed by atoms with E-state index in [1.54, 1.807) is 41.3 Å². The molecule has 7 rings (SSSR count). The lowest BCUT2D eigenvalue weighted by Crippen LogP contribution is -2.55. The zero-order chi connectivity index (χ0) is 43.6. The van der Waals surface area contributed by atoms with Crippen LogP contribution in [0.4, 0.5) is 40.3 Å². The highest BCUT2D eigenvalue weighted by Crippen LogP contribution is 2.51. The van der Waals surface area contributed by atoms with Gasteiger partial charge in [0.2, 0.25) is 17.7 Å². The Kier molecular flexibility index (Phi) is 13.0. The molecule has 3 saturated heterocycles. The molecule has 4 amide bonds. The van der Waals surface area contributed by atoms with Gasteiger partial charge in [0.15, 0.2) is 11.2 Å². The zero-order valence-electron chi connectivity index (χ0n) is 33.1. The van der Waals surface area contributed by atoms with E-state index in [2.05, 4.69) is 30.7 Å². The zero-order valence-corrected chi connectivity index (χ0v) is 34.8. The van der Waals surface area contributed by atoms with E-state index in [0.29, 0.717) is 85.3 Å². The number of pyridine rings is 1. The van der Waals surface area contributed by atoms with Crippen LogP contribution < -0.4 is 30.5 Å². The largest absolute Gasteiger partial charge is 0.492 e. The van der Waals surface area contributed by atoms with Crippen LogP contribution in [0.15, 0.2) is 48.7 Å². The minimum atomic E-state index is -4.87. The van der Waals surface area contributed by atoms with Crippen LogP contribution in [-0.4, -0.2) is 108 Å². The first-order valence-electron chi connectivity index (χ1n) is 19.9. The average Bonchev–Trinajstić information content (AvgIpc) is 3.43. The molecular formula is C41H44ClF4N9O5S. The van der Waals surface area contributed by atoms with E-state index in [9.17, 15) is 42.0 Å². The van der Waals surface area contributed by atoms with Crippen molar-refractivity contribution in [2.45, 2.75) is 74.7 Å². The third-order valence-corrected chi connectivity index (χ3v) is 12.3. The molecule has 1 aliphatic carbocycles. The molecule has 3 N–H and O–H groups in total. The summed E-state index contributed by atoms with van der Waals surface area (Å²) in [5.41, 5.74) is -2.17. The first kappa shape index (κ1) is 43.9. The van der Waals surface area contributed by atoms with Crippen molar-refractivity contribution in [3.63, 3.8) is 0 Å². The minimum absolute atomic E-state index is 0.0258. The summed E-state index contributed by atoms with van der Waals surface area (Å²) in [5, 5.41) is 17.9.